The minimum absolute atomic E-state index is 0.333. The topological polar surface area (TPSA) is 21.7 Å². The van der Waals surface area contributed by atoms with Crippen LogP contribution in [0.2, 0.25) is 0 Å². The van der Waals surface area contributed by atoms with Gasteiger partial charge in [0.15, 0.2) is 11.5 Å². The third-order valence-electron chi connectivity index (χ3n) is 6.19. The first-order valence-electron chi connectivity index (χ1n) is 9.55. The molecule has 0 bridgehead atoms. The fourth-order valence-electron chi connectivity index (χ4n) is 4.77. The molecule has 0 spiro atoms. The summed E-state index contributed by atoms with van der Waals surface area (Å²) < 4.78 is 10.9. The molecule has 2 heterocycles. The lowest BCUT2D eigenvalue weighted by Gasteiger charge is -2.35. The van der Waals surface area contributed by atoms with Gasteiger partial charge >= 0.3 is 0 Å². The molecule has 3 aliphatic rings. The molecule has 5 rings (SSSR count). The molecule has 0 aromatic heterocycles. The quantitative estimate of drug-likeness (QED) is 0.811. The van der Waals surface area contributed by atoms with E-state index < -0.39 is 0 Å². The van der Waals surface area contributed by atoms with Crippen molar-refractivity contribution < 1.29 is 9.47 Å². The summed E-state index contributed by atoms with van der Waals surface area (Å²) in [5.41, 5.74) is 5.56. The van der Waals surface area contributed by atoms with Crippen LogP contribution >= 0.6 is 0 Å². The molecule has 3 heteroatoms. The SMILES string of the molecule is CC1CCCN1C1CCc2cc(-c3ccc4c(c3)OCO4)ccc2C1. The highest BCUT2D eigenvalue weighted by Gasteiger charge is 2.30. The molecule has 3 nitrogen and oxygen atoms in total. The largest absolute Gasteiger partial charge is 0.454 e. The molecule has 0 N–H and O–H groups in total. The zero-order chi connectivity index (χ0) is 16.8. The molecule has 2 aromatic rings. The molecule has 0 radical (unpaired) electrons. The predicted octanol–water partition coefficient (Wildman–Crippen LogP) is 4.42. The smallest absolute Gasteiger partial charge is 0.231 e. The lowest BCUT2D eigenvalue weighted by Crippen LogP contribution is -2.41. The van der Waals surface area contributed by atoms with Crippen molar-refractivity contribution in [3.63, 3.8) is 0 Å². The van der Waals surface area contributed by atoms with Crippen molar-refractivity contribution in [3.8, 4) is 22.6 Å². The zero-order valence-electron chi connectivity index (χ0n) is 14.8. The number of aryl methyl sites for hydroxylation is 1. The second-order valence-corrected chi connectivity index (χ2v) is 7.68. The van der Waals surface area contributed by atoms with Crippen LogP contribution in [0.25, 0.3) is 11.1 Å². The van der Waals surface area contributed by atoms with E-state index in [9.17, 15) is 0 Å². The minimum atomic E-state index is 0.333. The molecule has 0 amide bonds. The van der Waals surface area contributed by atoms with Gasteiger partial charge in [-0.3, -0.25) is 4.90 Å². The number of rotatable bonds is 2. The molecule has 2 aromatic carbocycles. The lowest BCUT2D eigenvalue weighted by molar-refractivity contribution is 0.174. The second kappa shape index (κ2) is 6.06. The Balaban J connectivity index is 1.40. The average Bonchev–Trinajstić information content (AvgIpc) is 3.28. The van der Waals surface area contributed by atoms with Gasteiger partial charge in [-0.25, -0.2) is 0 Å². The number of benzene rings is 2. The van der Waals surface area contributed by atoms with Gasteiger partial charge in [-0.1, -0.05) is 24.3 Å². The summed E-state index contributed by atoms with van der Waals surface area (Å²) in [6.07, 6.45) is 6.44. The van der Waals surface area contributed by atoms with Gasteiger partial charge in [0, 0.05) is 12.1 Å². The van der Waals surface area contributed by atoms with E-state index >= 15 is 0 Å². The summed E-state index contributed by atoms with van der Waals surface area (Å²) in [7, 11) is 0. The van der Waals surface area contributed by atoms with Crippen molar-refractivity contribution in [2.24, 2.45) is 0 Å². The maximum Gasteiger partial charge on any atom is 0.231 e. The summed E-state index contributed by atoms with van der Waals surface area (Å²) in [5, 5.41) is 0. The monoisotopic (exact) mass is 335 g/mol. The Morgan fingerprint density at radius 1 is 0.920 bits per heavy atom. The molecule has 2 aliphatic heterocycles. The van der Waals surface area contributed by atoms with Crippen LogP contribution in [0.15, 0.2) is 36.4 Å². The Morgan fingerprint density at radius 3 is 2.64 bits per heavy atom. The minimum Gasteiger partial charge on any atom is -0.454 e. The van der Waals surface area contributed by atoms with E-state index in [2.05, 4.69) is 42.2 Å². The van der Waals surface area contributed by atoms with Crippen molar-refractivity contribution in [1.82, 2.24) is 4.90 Å². The van der Waals surface area contributed by atoms with Crippen LogP contribution in [0, 0.1) is 0 Å². The Morgan fingerprint density at radius 2 is 1.76 bits per heavy atom. The Kier molecular flexibility index (Phi) is 3.70. The van der Waals surface area contributed by atoms with Crippen molar-refractivity contribution in [2.45, 2.75) is 51.1 Å². The maximum atomic E-state index is 5.53. The predicted molar refractivity (Wildman–Crippen MR) is 99.2 cm³/mol. The summed E-state index contributed by atoms with van der Waals surface area (Å²) >= 11 is 0. The van der Waals surface area contributed by atoms with E-state index in [0.29, 0.717) is 6.79 Å². The van der Waals surface area contributed by atoms with E-state index in [1.807, 2.05) is 6.07 Å². The van der Waals surface area contributed by atoms with Gasteiger partial charge in [-0.2, -0.15) is 0 Å². The molecule has 1 aliphatic carbocycles. The summed E-state index contributed by atoms with van der Waals surface area (Å²) in [4.78, 5) is 2.74. The van der Waals surface area contributed by atoms with Crippen molar-refractivity contribution >= 4 is 0 Å². The number of likely N-dealkylation sites (tertiary alicyclic amines) is 1. The van der Waals surface area contributed by atoms with Gasteiger partial charge in [0.2, 0.25) is 6.79 Å². The normalized spacial score (nSPS) is 25.2. The Hall–Kier alpha value is -2.00. The van der Waals surface area contributed by atoms with Gasteiger partial charge in [-0.05, 0) is 80.0 Å². The van der Waals surface area contributed by atoms with Crippen LogP contribution in [0.3, 0.4) is 0 Å². The van der Waals surface area contributed by atoms with Crippen molar-refractivity contribution in [2.75, 3.05) is 13.3 Å². The van der Waals surface area contributed by atoms with E-state index in [1.54, 1.807) is 5.56 Å². The molecule has 0 saturated carbocycles. The Bertz CT molecular complexity index is 801. The fourth-order valence-corrected chi connectivity index (χ4v) is 4.77. The van der Waals surface area contributed by atoms with Crippen LogP contribution in [0.5, 0.6) is 11.5 Å². The van der Waals surface area contributed by atoms with Gasteiger partial charge < -0.3 is 9.47 Å². The molecule has 1 saturated heterocycles. The molecular formula is C22H25NO2. The van der Waals surface area contributed by atoms with Gasteiger partial charge in [-0.15, -0.1) is 0 Å². The van der Waals surface area contributed by atoms with Crippen molar-refractivity contribution in [1.29, 1.82) is 0 Å². The number of ether oxygens (including phenoxy) is 2. The number of hydrogen-bond donors (Lipinski definition) is 0. The van der Waals surface area contributed by atoms with Crippen molar-refractivity contribution in [3.05, 3.63) is 47.5 Å². The molecule has 2 unspecified atom stereocenters. The van der Waals surface area contributed by atoms with E-state index in [4.69, 9.17) is 9.47 Å². The first kappa shape index (κ1) is 15.3. The van der Waals surface area contributed by atoms with Crippen LogP contribution in [-0.4, -0.2) is 30.3 Å². The highest BCUT2D eigenvalue weighted by molar-refractivity contribution is 5.68. The van der Waals surface area contributed by atoms with E-state index in [1.165, 1.54) is 55.3 Å². The first-order valence-corrected chi connectivity index (χ1v) is 9.55. The number of hydrogen-bond acceptors (Lipinski definition) is 3. The van der Waals surface area contributed by atoms with Crippen LogP contribution in [0.1, 0.15) is 37.3 Å². The number of fused-ring (bicyclic) bond motifs is 2. The molecule has 2 atom stereocenters. The zero-order valence-corrected chi connectivity index (χ0v) is 14.8. The highest BCUT2D eigenvalue weighted by atomic mass is 16.7. The summed E-state index contributed by atoms with van der Waals surface area (Å²) in [5.74, 6) is 1.71. The average molecular weight is 335 g/mol. The summed E-state index contributed by atoms with van der Waals surface area (Å²) in [6.45, 7) is 4.01. The second-order valence-electron chi connectivity index (χ2n) is 7.68. The molecule has 130 valence electrons. The van der Waals surface area contributed by atoms with E-state index in [0.717, 1.165) is 23.6 Å². The first-order chi connectivity index (χ1) is 12.3. The van der Waals surface area contributed by atoms with Gasteiger partial charge in [0.1, 0.15) is 0 Å². The van der Waals surface area contributed by atoms with Gasteiger partial charge in [0.05, 0.1) is 0 Å². The molecule has 1 fully saturated rings. The standard InChI is InChI=1S/C22H25NO2/c1-15-3-2-10-23(15)20-8-6-17-11-16(4-5-18(17)12-20)19-7-9-21-22(13-19)25-14-24-21/h4-5,7,9,11,13,15,20H,2-3,6,8,10,12,14H2,1H3. The summed E-state index contributed by atoms with van der Waals surface area (Å²) in [6, 6.07) is 14.8. The lowest BCUT2D eigenvalue weighted by atomic mass is 9.85. The third kappa shape index (κ3) is 2.71. The van der Waals surface area contributed by atoms with Crippen LogP contribution < -0.4 is 9.47 Å². The molecule has 25 heavy (non-hydrogen) atoms. The van der Waals surface area contributed by atoms with Crippen LogP contribution in [0.4, 0.5) is 0 Å². The van der Waals surface area contributed by atoms with Gasteiger partial charge in [0.25, 0.3) is 0 Å². The molecular weight excluding hydrogens is 310 g/mol. The highest BCUT2D eigenvalue weighted by Crippen LogP contribution is 2.37. The maximum absolute atomic E-state index is 5.53. The Labute approximate surface area is 149 Å². The third-order valence-corrected chi connectivity index (χ3v) is 6.19. The van der Waals surface area contributed by atoms with Crippen LogP contribution in [-0.2, 0) is 12.8 Å². The van der Waals surface area contributed by atoms with E-state index in [-0.39, 0.29) is 0 Å². The number of nitrogens with zero attached hydrogens (tertiary/aromatic N) is 1. The fraction of sp³-hybridized carbons (Fsp3) is 0.455.